The molecule has 0 aromatic carbocycles. The number of nitrogens with zero attached hydrogens (tertiary/aromatic N) is 2. The third kappa shape index (κ3) is 1.93. The number of fused-ring (bicyclic) bond motifs is 1. The third-order valence-electron chi connectivity index (χ3n) is 3.37. The molecule has 20 heavy (non-hydrogen) atoms. The number of aromatic carboxylic acids is 1. The average molecular weight is 273 g/mol. The molecule has 1 atom stereocenters. The van der Waals surface area contributed by atoms with Crippen LogP contribution in [-0.4, -0.2) is 32.5 Å². The smallest absolute Gasteiger partial charge is 0.335 e. The second kappa shape index (κ2) is 4.44. The van der Waals surface area contributed by atoms with Crippen LogP contribution < -0.4 is 5.32 Å². The zero-order chi connectivity index (χ0) is 14.3. The molecular weight excluding hydrogens is 262 g/mol. The van der Waals surface area contributed by atoms with E-state index in [0.29, 0.717) is 17.6 Å². The van der Waals surface area contributed by atoms with Gasteiger partial charge in [-0.1, -0.05) is 0 Å². The number of carboxylic acid groups (broad SMARTS) is 1. The molecular formula is C13H11N3O4. The molecule has 7 nitrogen and oxygen atoms in total. The van der Waals surface area contributed by atoms with Gasteiger partial charge in [0.1, 0.15) is 0 Å². The quantitative estimate of drug-likeness (QED) is 0.778. The van der Waals surface area contributed by atoms with Crippen molar-refractivity contribution in [3.8, 4) is 0 Å². The number of carboxylic acids is 1. The van der Waals surface area contributed by atoms with Gasteiger partial charge in [-0.15, -0.1) is 0 Å². The summed E-state index contributed by atoms with van der Waals surface area (Å²) >= 11 is 0. The molecule has 102 valence electrons. The summed E-state index contributed by atoms with van der Waals surface area (Å²) in [4.78, 5) is 34.3. The Morgan fingerprint density at radius 2 is 2.20 bits per heavy atom. The first kappa shape index (κ1) is 12.3. The van der Waals surface area contributed by atoms with Gasteiger partial charge in [-0.2, -0.15) is 5.10 Å². The molecule has 3 heterocycles. The number of pyridine rings is 1. The maximum atomic E-state index is 11.9. The number of carbonyl (C=O) groups is 3. The Morgan fingerprint density at radius 1 is 1.40 bits per heavy atom. The molecule has 0 radical (unpaired) electrons. The number of carbonyl (C=O) groups excluding carboxylic acids is 2. The van der Waals surface area contributed by atoms with E-state index in [1.54, 1.807) is 6.07 Å². The summed E-state index contributed by atoms with van der Waals surface area (Å²) in [7, 11) is 0. The number of rotatable bonds is 2. The van der Waals surface area contributed by atoms with E-state index in [4.69, 9.17) is 5.11 Å². The standard InChI is InChI=1S/C13H11N3O4/c17-11-2-1-9(12(18)15-11)10-6-7(13(19)20)5-8-3-4-14-16(8)10/h3-6,9H,1-2H2,(H,19,20)(H,15,17,18). The molecule has 7 heteroatoms. The van der Waals surface area contributed by atoms with Crippen molar-refractivity contribution in [2.75, 3.05) is 0 Å². The third-order valence-corrected chi connectivity index (χ3v) is 3.37. The highest BCUT2D eigenvalue weighted by atomic mass is 16.4. The Kier molecular flexibility index (Phi) is 2.74. The van der Waals surface area contributed by atoms with Gasteiger partial charge in [0.05, 0.1) is 22.7 Å². The number of imide groups is 1. The fourth-order valence-corrected chi connectivity index (χ4v) is 2.41. The molecule has 3 rings (SSSR count). The lowest BCUT2D eigenvalue weighted by atomic mass is 9.93. The van der Waals surface area contributed by atoms with E-state index in [-0.39, 0.29) is 17.9 Å². The summed E-state index contributed by atoms with van der Waals surface area (Å²) in [6.07, 6.45) is 2.12. The van der Waals surface area contributed by atoms with Gasteiger partial charge in [-0.25, -0.2) is 9.31 Å². The minimum atomic E-state index is -1.07. The topological polar surface area (TPSA) is 101 Å². The van der Waals surface area contributed by atoms with Gasteiger partial charge >= 0.3 is 5.97 Å². The number of aromatic nitrogens is 2. The number of nitrogens with one attached hydrogen (secondary N) is 1. The average Bonchev–Trinajstić information content (AvgIpc) is 2.86. The molecule has 2 N–H and O–H groups in total. The molecule has 0 spiro atoms. The van der Waals surface area contributed by atoms with Crippen molar-refractivity contribution in [3.63, 3.8) is 0 Å². The number of amides is 2. The largest absolute Gasteiger partial charge is 0.478 e. The van der Waals surface area contributed by atoms with Gasteiger partial charge in [-0.3, -0.25) is 14.9 Å². The molecule has 0 bridgehead atoms. The Balaban J connectivity index is 2.14. The fourth-order valence-electron chi connectivity index (χ4n) is 2.41. The molecule has 0 saturated carbocycles. The van der Waals surface area contributed by atoms with Crippen molar-refractivity contribution in [1.82, 2.24) is 14.9 Å². The Bertz CT molecular complexity index is 734. The predicted molar refractivity (Wildman–Crippen MR) is 67.3 cm³/mol. The van der Waals surface area contributed by atoms with Crippen molar-refractivity contribution in [2.45, 2.75) is 18.8 Å². The summed E-state index contributed by atoms with van der Waals surface area (Å²) in [6, 6.07) is 4.59. The summed E-state index contributed by atoms with van der Waals surface area (Å²) in [5, 5.41) is 15.5. The SMILES string of the molecule is O=C1CCC(c2cc(C(=O)O)cc3ccnn23)C(=O)N1. The van der Waals surface area contributed by atoms with Crippen molar-refractivity contribution in [3.05, 3.63) is 35.7 Å². The van der Waals surface area contributed by atoms with Crippen LogP contribution in [-0.2, 0) is 9.59 Å². The molecule has 1 unspecified atom stereocenters. The van der Waals surface area contributed by atoms with Gasteiger partial charge < -0.3 is 5.11 Å². The Hall–Kier alpha value is -2.70. The zero-order valence-electron chi connectivity index (χ0n) is 10.4. The number of hydrogen-bond donors (Lipinski definition) is 2. The Morgan fingerprint density at radius 3 is 2.90 bits per heavy atom. The van der Waals surface area contributed by atoms with E-state index in [1.807, 2.05) is 0 Å². The minimum Gasteiger partial charge on any atom is -0.478 e. The van der Waals surface area contributed by atoms with Gasteiger partial charge in [0.2, 0.25) is 11.8 Å². The molecule has 1 saturated heterocycles. The first-order valence-electron chi connectivity index (χ1n) is 6.11. The van der Waals surface area contributed by atoms with E-state index in [1.165, 1.54) is 22.8 Å². The van der Waals surface area contributed by atoms with Crippen molar-refractivity contribution in [2.24, 2.45) is 0 Å². The van der Waals surface area contributed by atoms with Gasteiger partial charge in [0.15, 0.2) is 0 Å². The summed E-state index contributed by atoms with van der Waals surface area (Å²) in [5.74, 6) is -2.37. The van der Waals surface area contributed by atoms with Crippen LogP contribution in [0.3, 0.4) is 0 Å². The van der Waals surface area contributed by atoms with E-state index in [2.05, 4.69) is 10.4 Å². The highest BCUT2D eigenvalue weighted by Crippen LogP contribution is 2.26. The first-order chi connectivity index (χ1) is 9.56. The molecule has 1 fully saturated rings. The Labute approximate surface area is 113 Å². The second-order valence-electron chi connectivity index (χ2n) is 4.65. The van der Waals surface area contributed by atoms with E-state index >= 15 is 0 Å². The lowest BCUT2D eigenvalue weighted by Gasteiger charge is -2.21. The number of piperidine rings is 1. The van der Waals surface area contributed by atoms with Crippen LogP contribution in [0.1, 0.15) is 34.8 Å². The van der Waals surface area contributed by atoms with Gasteiger partial charge in [0, 0.05) is 12.6 Å². The van der Waals surface area contributed by atoms with Crippen LogP contribution in [0.5, 0.6) is 0 Å². The molecule has 0 aliphatic carbocycles. The second-order valence-corrected chi connectivity index (χ2v) is 4.65. The first-order valence-corrected chi connectivity index (χ1v) is 6.11. The van der Waals surface area contributed by atoms with Gasteiger partial charge in [0.25, 0.3) is 0 Å². The highest BCUT2D eigenvalue weighted by molar-refractivity contribution is 6.01. The lowest BCUT2D eigenvalue weighted by Crippen LogP contribution is -2.40. The van der Waals surface area contributed by atoms with Crippen molar-refractivity contribution >= 4 is 23.3 Å². The number of hydrogen-bond acceptors (Lipinski definition) is 4. The van der Waals surface area contributed by atoms with Gasteiger partial charge in [-0.05, 0) is 24.6 Å². The summed E-state index contributed by atoms with van der Waals surface area (Å²) in [5.41, 5.74) is 1.18. The van der Waals surface area contributed by atoms with Crippen molar-refractivity contribution in [1.29, 1.82) is 0 Å². The fraction of sp³-hybridized carbons (Fsp3) is 0.231. The van der Waals surface area contributed by atoms with Crippen LogP contribution in [0, 0.1) is 0 Å². The van der Waals surface area contributed by atoms with Crippen molar-refractivity contribution < 1.29 is 19.5 Å². The maximum absolute atomic E-state index is 11.9. The molecule has 2 aromatic heterocycles. The molecule has 2 aromatic rings. The molecule has 1 aliphatic heterocycles. The van der Waals surface area contributed by atoms with Crippen LogP contribution in [0.4, 0.5) is 0 Å². The molecule has 2 amide bonds. The normalized spacial score (nSPS) is 19.1. The van der Waals surface area contributed by atoms with Crippen LogP contribution in [0.15, 0.2) is 24.4 Å². The predicted octanol–water partition coefficient (Wildman–Crippen LogP) is 0.553. The maximum Gasteiger partial charge on any atom is 0.335 e. The van der Waals surface area contributed by atoms with Crippen LogP contribution in [0.25, 0.3) is 5.52 Å². The lowest BCUT2D eigenvalue weighted by molar-refractivity contribution is -0.134. The monoisotopic (exact) mass is 273 g/mol. The van der Waals surface area contributed by atoms with E-state index < -0.39 is 17.8 Å². The molecule has 1 aliphatic rings. The zero-order valence-corrected chi connectivity index (χ0v) is 10.4. The summed E-state index contributed by atoms with van der Waals surface area (Å²) in [6.45, 7) is 0. The van der Waals surface area contributed by atoms with Crippen LogP contribution >= 0.6 is 0 Å². The highest BCUT2D eigenvalue weighted by Gasteiger charge is 2.30. The van der Waals surface area contributed by atoms with E-state index in [9.17, 15) is 14.4 Å². The summed E-state index contributed by atoms with van der Waals surface area (Å²) < 4.78 is 1.53. The van der Waals surface area contributed by atoms with Crippen LogP contribution in [0.2, 0.25) is 0 Å². The van der Waals surface area contributed by atoms with E-state index in [0.717, 1.165) is 0 Å². The minimum absolute atomic E-state index is 0.0951.